The molecule has 2 aromatic heterocycles. The van der Waals surface area contributed by atoms with E-state index < -0.39 is 0 Å². The van der Waals surface area contributed by atoms with Crippen LogP contribution < -0.4 is 5.32 Å². The van der Waals surface area contributed by atoms with Crippen LogP contribution in [0.2, 0.25) is 0 Å². The van der Waals surface area contributed by atoms with Gasteiger partial charge in [0.1, 0.15) is 24.5 Å². The van der Waals surface area contributed by atoms with Crippen LogP contribution in [0.1, 0.15) is 25.2 Å². The summed E-state index contributed by atoms with van der Waals surface area (Å²) < 4.78 is 3.65. The zero-order valence-corrected chi connectivity index (χ0v) is 10.7. The van der Waals surface area contributed by atoms with Crippen molar-refractivity contribution in [3.8, 4) is 0 Å². The minimum atomic E-state index is -0.341. The molecule has 3 heterocycles. The smallest absolute Gasteiger partial charge is 0.244 e. The Kier molecular flexibility index (Phi) is 3.02. The molecule has 7 heteroatoms. The van der Waals surface area contributed by atoms with E-state index >= 15 is 0 Å². The second-order valence-corrected chi connectivity index (χ2v) is 4.79. The monoisotopic (exact) mass is 260 g/mol. The Labute approximate surface area is 110 Å². The van der Waals surface area contributed by atoms with Crippen LogP contribution in [0, 0.1) is 0 Å². The van der Waals surface area contributed by atoms with Crippen molar-refractivity contribution >= 4 is 5.91 Å². The second-order valence-electron chi connectivity index (χ2n) is 4.79. The van der Waals surface area contributed by atoms with Gasteiger partial charge in [0.05, 0.1) is 0 Å². The van der Waals surface area contributed by atoms with Gasteiger partial charge in [0, 0.05) is 31.4 Å². The number of rotatable bonds is 3. The summed E-state index contributed by atoms with van der Waals surface area (Å²) in [5, 5.41) is 7.05. The highest BCUT2D eigenvalue weighted by Crippen LogP contribution is 2.14. The first-order valence-corrected chi connectivity index (χ1v) is 6.38. The molecule has 3 rings (SSSR count). The molecule has 2 aromatic rings. The summed E-state index contributed by atoms with van der Waals surface area (Å²) in [5.74, 6) is 1.06. The fourth-order valence-corrected chi connectivity index (χ4v) is 2.34. The summed E-state index contributed by atoms with van der Waals surface area (Å²) in [5.41, 5.74) is 0. The van der Waals surface area contributed by atoms with E-state index in [-0.39, 0.29) is 18.0 Å². The molecule has 1 N–H and O–H groups in total. The van der Waals surface area contributed by atoms with Crippen LogP contribution >= 0.6 is 0 Å². The van der Waals surface area contributed by atoms with Gasteiger partial charge in [-0.1, -0.05) is 0 Å². The molecule has 7 nitrogen and oxygen atoms in total. The quantitative estimate of drug-likeness (QED) is 0.853. The van der Waals surface area contributed by atoms with E-state index in [1.54, 1.807) is 17.2 Å². The third kappa shape index (κ3) is 2.35. The van der Waals surface area contributed by atoms with Crippen LogP contribution in [0.5, 0.6) is 0 Å². The predicted octanol–water partition coefficient (Wildman–Crippen LogP) is 0.167. The van der Waals surface area contributed by atoms with Crippen LogP contribution in [0.3, 0.4) is 0 Å². The van der Waals surface area contributed by atoms with Crippen molar-refractivity contribution in [3.63, 3.8) is 0 Å². The van der Waals surface area contributed by atoms with Gasteiger partial charge in [-0.05, 0) is 13.3 Å². The molecule has 0 radical (unpaired) electrons. The Hall–Kier alpha value is -2.18. The number of nitrogens with zero attached hydrogens (tertiary/aromatic N) is 5. The van der Waals surface area contributed by atoms with Crippen molar-refractivity contribution in [3.05, 3.63) is 30.9 Å². The van der Waals surface area contributed by atoms with Crippen molar-refractivity contribution in [2.45, 2.75) is 38.4 Å². The van der Waals surface area contributed by atoms with Crippen molar-refractivity contribution in [1.29, 1.82) is 0 Å². The molecule has 0 fully saturated rings. The number of aryl methyl sites for hydroxylation is 1. The fourth-order valence-electron chi connectivity index (χ4n) is 2.34. The molecule has 0 bridgehead atoms. The molecule has 0 saturated heterocycles. The highest BCUT2D eigenvalue weighted by atomic mass is 16.2. The lowest BCUT2D eigenvalue weighted by Gasteiger charge is -2.26. The highest BCUT2D eigenvalue weighted by molar-refractivity contribution is 5.80. The Bertz CT molecular complexity index is 561. The minimum absolute atomic E-state index is 0.0286. The van der Waals surface area contributed by atoms with Crippen molar-refractivity contribution in [1.82, 2.24) is 29.6 Å². The summed E-state index contributed by atoms with van der Waals surface area (Å²) in [6.07, 6.45) is 8.57. The molecule has 2 unspecified atom stereocenters. The molecular formula is C12H16N6O. The number of carbonyl (C=O) groups excluding carboxylic acids is 1. The molecule has 19 heavy (non-hydrogen) atoms. The van der Waals surface area contributed by atoms with Gasteiger partial charge in [0.25, 0.3) is 0 Å². The van der Waals surface area contributed by atoms with E-state index in [0.717, 1.165) is 25.2 Å². The third-order valence-corrected chi connectivity index (χ3v) is 3.49. The van der Waals surface area contributed by atoms with Gasteiger partial charge in [0.15, 0.2) is 0 Å². The van der Waals surface area contributed by atoms with E-state index in [2.05, 4.69) is 25.0 Å². The Morgan fingerprint density at radius 3 is 3.26 bits per heavy atom. The largest absolute Gasteiger partial charge is 0.350 e. The Morgan fingerprint density at radius 1 is 1.58 bits per heavy atom. The number of nitrogens with one attached hydrogen (secondary N) is 1. The van der Waals surface area contributed by atoms with Crippen LogP contribution in [-0.4, -0.2) is 36.3 Å². The number of fused-ring (bicyclic) bond motifs is 1. The SMILES string of the molecule is CC(C(=O)NC1CCc2nccn2C1)n1cncn1. The van der Waals surface area contributed by atoms with E-state index in [1.165, 1.54) is 6.33 Å². The first-order chi connectivity index (χ1) is 9.24. The van der Waals surface area contributed by atoms with E-state index in [9.17, 15) is 4.79 Å². The van der Waals surface area contributed by atoms with Crippen molar-refractivity contribution in [2.75, 3.05) is 0 Å². The normalized spacial score (nSPS) is 19.7. The third-order valence-electron chi connectivity index (χ3n) is 3.49. The molecule has 100 valence electrons. The van der Waals surface area contributed by atoms with Crippen molar-refractivity contribution in [2.24, 2.45) is 0 Å². The number of hydrogen-bond acceptors (Lipinski definition) is 4. The maximum Gasteiger partial charge on any atom is 0.244 e. The maximum absolute atomic E-state index is 12.1. The molecule has 1 aliphatic rings. The zero-order chi connectivity index (χ0) is 13.2. The standard InChI is InChI=1S/C12H16N6O/c1-9(18-8-13-7-15-18)12(19)16-10-2-3-11-14-4-5-17(11)6-10/h4-5,7-10H,2-3,6H2,1H3,(H,16,19). The number of aromatic nitrogens is 5. The number of amides is 1. The van der Waals surface area contributed by atoms with E-state index in [4.69, 9.17) is 0 Å². The van der Waals surface area contributed by atoms with Crippen LogP contribution in [0.4, 0.5) is 0 Å². The van der Waals surface area contributed by atoms with Gasteiger partial charge in [-0.15, -0.1) is 0 Å². The first-order valence-electron chi connectivity index (χ1n) is 6.38. The van der Waals surface area contributed by atoms with E-state index in [0.29, 0.717) is 0 Å². The molecule has 2 atom stereocenters. The lowest BCUT2D eigenvalue weighted by Crippen LogP contribution is -2.43. The summed E-state index contributed by atoms with van der Waals surface area (Å²) >= 11 is 0. The zero-order valence-electron chi connectivity index (χ0n) is 10.7. The Morgan fingerprint density at radius 2 is 2.47 bits per heavy atom. The molecule has 0 saturated carbocycles. The van der Waals surface area contributed by atoms with Gasteiger partial charge >= 0.3 is 0 Å². The molecule has 0 spiro atoms. The van der Waals surface area contributed by atoms with Crippen molar-refractivity contribution < 1.29 is 4.79 Å². The van der Waals surface area contributed by atoms with Gasteiger partial charge in [0.2, 0.25) is 5.91 Å². The predicted molar refractivity (Wildman–Crippen MR) is 67.2 cm³/mol. The molecule has 0 aliphatic carbocycles. The number of imidazole rings is 1. The second kappa shape index (κ2) is 4.83. The van der Waals surface area contributed by atoms with Crippen LogP contribution in [-0.2, 0) is 17.8 Å². The Balaban J connectivity index is 1.62. The molecule has 1 aliphatic heterocycles. The maximum atomic E-state index is 12.1. The molecule has 0 aromatic carbocycles. The van der Waals surface area contributed by atoms with Crippen LogP contribution in [0.25, 0.3) is 0 Å². The lowest BCUT2D eigenvalue weighted by atomic mass is 10.1. The van der Waals surface area contributed by atoms with Gasteiger partial charge in [-0.2, -0.15) is 5.10 Å². The highest BCUT2D eigenvalue weighted by Gasteiger charge is 2.23. The van der Waals surface area contributed by atoms with E-state index in [1.807, 2.05) is 13.1 Å². The summed E-state index contributed by atoms with van der Waals surface area (Å²) in [6.45, 7) is 2.60. The average molecular weight is 260 g/mol. The minimum Gasteiger partial charge on any atom is -0.350 e. The molecule has 1 amide bonds. The lowest BCUT2D eigenvalue weighted by molar-refractivity contribution is -0.125. The van der Waals surface area contributed by atoms with Gasteiger partial charge in [-0.3, -0.25) is 4.79 Å². The number of carbonyl (C=O) groups is 1. The first kappa shape index (κ1) is 11.9. The summed E-state index contributed by atoms with van der Waals surface area (Å²) in [7, 11) is 0. The number of hydrogen-bond donors (Lipinski definition) is 1. The van der Waals surface area contributed by atoms with Gasteiger partial charge < -0.3 is 9.88 Å². The topological polar surface area (TPSA) is 77.6 Å². The summed E-state index contributed by atoms with van der Waals surface area (Å²) in [4.78, 5) is 20.3. The fraction of sp³-hybridized carbons (Fsp3) is 0.500. The van der Waals surface area contributed by atoms with Gasteiger partial charge in [-0.25, -0.2) is 14.6 Å². The average Bonchev–Trinajstić information content (AvgIpc) is 3.08. The summed E-state index contributed by atoms with van der Waals surface area (Å²) in [6, 6.07) is -0.188. The van der Waals surface area contributed by atoms with Crippen LogP contribution in [0.15, 0.2) is 25.0 Å². The molecular weight excluding hydrogens is 244 g/mol.